The summed E-state index contributed by atoms with van der Waals surface area (Å²) in [5.41, 5.74) is 7.19. The molecule has 4 nitrogen and oxygen atoms in total. The molecule has 0 bridgehead atoms. The Morgan fingerprint density at radius 3 is 3.10 bits per heavy atom. The molecule has 0 amide bonds. The van der Waals surface area contributed by atoms with Crippen LogP contribution in [0.4, 0.5) is 0 Å². The standard InChI is InChI=1S/C16H23N3OS/c1-11(17)14-6-3-4-8-19(14)10-13-12(2)20-16(18-13)15-7-5-9-21-15/h5,7,9,11,14H,3-4,6,8,10,17H2,1-2H3. The third-order valence-electron chi connectivity index (χ3n) is 4.25. The summed E-state index contributed by atoms with van der Waals surface area (Å²) >= 11 is 1.66. The first kappa shape index (κ1) is 14.8. The smallest absolute Gasteiger partial charge is 0.236 e. The highest BCUT2D eigenvalue weighted by atomic mass is 32.1. The summed E-state index contributed by atoms with van der Waals surface area (Å²) in [6.07, 6.45) is 3.71. The largest absolute Gasteiger partial charge is 0.440 e. The summed E-state index contributed by atoms with van der Waals surface area (Å²) in [6.45, 7) is 6.06. The Morgan fingerprint density at radius 2 is 2.38 bits per heavy atom. The first-order valence-corrected chi connectivity index (χ1v) is 8.53. The number of nitrogens with zero attached hydrogens (tertiary/aromatic N) is 2. The van der Waals surface area contributed by atoms with Crippen LogP contribution in [0.25, 0.3) is 10.8 Å². The number of piperidine rings is 1. The minimum atomic E-state index is 0.203. The Balaban J connectivity index is 1.78. The summed E-state index contributed by atoms with van der Waals surface area (Å²) in [7, 11) is 0. The molecule has 2 atom stereocenters. The van der Waals surface area contributed by atoms with Gasteiger partial charge in [0, 0.05) is 18.6 Å². The highest BCUT2D eigenvalue weighted by Crippen LogP contribution is 2.28. The van der Waals surface area contributed by atoms with Gasteiger partial charge in [0.15, 0.2) is 0 Å². The van der Waals surface area contributed by atoms with Crippen molar-refractivity contribution in [2.24, 2.45) is 5.73 Å². The molecule has 1 saturated heterocycles. The molecule has 114 valence electrons. The van der Waals surface area contributed by atoms with E-state index >= 15 is 0 Å². The zero-order valence-electron chi connectivity index (χ0n) is 12.7. The molecular formula is C16H23N3OS. The van der Waals surface area contributed by atoms with Crippen molar-refractivity contribution in [1.82, 2.24) is 9.88 Å². The average Bonchev–Trinajstić information content (AvgIpc) is 3.10. The van der Waals surface area contributed by atoms with Gasteiger partial charge in [-0.3, -0.25) is 4.90 Å². The Bertz CT molecular complexity index is 576. The Morgan fingerprint density at radius 1 is 1.52 bits per heavy atom. The number of oxazole rings is 1. The predicted molar refractivity (Wildman–Crippen MR) is 86.3 cm³/mol. The summed E-state index contributed by atoms with van der Waals surface area (Å²) < 4.78 is 5.84. The molecule has 0 radical (unpaired) electrons. The number of hydrogen-bond acceptors (Lipinski definition) is 5. The van der Waals surface area contributed by atoms with Gasteiger partial charge in [0.25, 0.3) is 0 Å². The van der Waals surface area contributed by atoms with E-state index in [0.29, 0.717) is 6.04 Å². The highest BCUT2D eigenvalue weighted by Gasteiger charge is 2.27. The molecule has 2 aromatic heterocycles. The molecule has 0 saturated carbocycles. The van der Waals surface area contributed by atoms with Crippen LogP contribution in [0.2, 0.25) is 0 Å². The number of rotatable bonds is 4. The topological polar surface area (TPSA) is 55.3 Å². The van der Waals surface area contributed by atoms with Gasteiger partial charge in [-0.05, 0) is 44.7 Å². The van der Waals surface area contributed by atoms with Crippen molar-refractivity contribution in [3.63, 3.8) is 0 Å². The maximum atomic E-state index is 6.15. The van der Waals surface area contributed by atoms with E-state index < -0.39 is 0 Å². The zero-order valence-corrected chi connectivity index (χ0v) is 13.5. The van der Waals surface area contributed by atoms with Gasteiger partial charge in [-0.1, -0.05) is 12.5 Å². The van der Waals surface area contributed by atoms with E-state index in [1.807, 2.05) is 24.4 Å². The molecule has 5 heteroatoms. The Labute approximate surface area is 130 Å². The maximum Gasteiger partial charge on any atom is 0.236 e. The second kappa shape index (κ2) is 6.30. The fourth-order valence-electron chi connectivity index (χ4n) is 3.08. The monoisotopic (exact) mass is 305 g/mol. The van der Waals surface area contributed by atoms with Crippen LogP contribution in [-0.4, -0.2) is 28.5 Å². The predicted octanol–water partition coefficient (Wildman–Crippen LogP) is 3.41. The summed E-state index contributed by atoms with van der Waals surface area (Å²) in [6, 6.07) is 4.73. The van der Waals surface area contributed by atoms with Gasteiger partial charge in [-0.25, -0.2) is 4.98 Å². The van der Waals surface area contributed by atoms with Gasteiger partial charge in [0.2, 0.25) is 5.89 Å². The van der Waals surface area contributed by atoms with Gasteiger partial charge in [-0.15, -0.1) is 11.3 Å². The van der Waals surface area contributed by atoms with Crippen molar-refractivity contribution in [2.75, 3.05) is 6.54 Å². The second-order valence-electron chi connectivity index (χ2n) is 5.89. The number of nitrogens with two attached hydrogens (primary N) is 1. The maximum absolute atomic E-state index is 6.15. The number of aromatic nitrogens is 1. The number of hydrogen-bond donors (Lipinski definition) is 1. The van der Waals surface area contributed by atoms with Crippen molar-refractivity contribution in [3.8, 4) is 10.8 Å². The van der Waals surface area contributed by atoms with Crippen LogP contribution in [0.5, 0.6) is 0 Å². The highest BCUT2D eigenvalue weighted by molar-refractivity contribution is 7.13. The lowest BCUT2D eigenvalue weighted by Crippen LogP contribution is -2.48. The van der Waals surface area contributed by atoms with E-state index in [1.54, 1.807) is 11.3 Å². The van der Waals surface area contributed by atoms with Crippen LogP contribution in [0, 0.1) is 6.92 Å². The molecule has 0 aromatic carbocycles. The van der Waals surface area contributed by atoms with E-state index in [2.05, 4.69) is 11.8 Å². The number of likely N-dealkylation sites (tertiary alicyclic amines) is 1. The first-order valence-electron chi connectivity index (χ1n) is 7.65. The van der Waals surface area contributed by atoms with Crippen LogP contribution in [-0.2, 0) is 6.54 Å². The van der Waals surface area contributed by atoms with E-state index in [-0.39, 0.29) is 6.04 Å². The lowest BCUT2D eigenvalue weighted by atomic mass is 9.97. The van der Waals surface area contributed by atoms with Gasteiger partial charge < -0.3 is 10.2 Å². The molecule has 21 heavy (non-hydrogen) atoms. The fourth-order valence-corrected chi connectivity index (χ4v) is 3.73. The Hall–Kier alpha value is -1.17. The van der Waals surface area contributed by atoms with Crippen molar-refractivity contribution >= 4 is 11.3 Å². The van der Waals surface area contributed by atoms with Crippen LogP contribution in [0.15, 0.2) is 21.9 Å². The summed E-state index contributed by atoms with van der Waals surface area (Å²) in [5.74, 6) is 1.67. The average molecular weight is 305 g/mol. The molecule has 1 aliphatic heterocycles. The van der Waals surface area contributed by atoms with Gasteiger partial charge in [-0.2, -0.15) is 0 Å². The van der Waals surface area contributed by atoms with Crippen LogP contribution >= 0.6 is 11.3 Å². The van der Waals surface area contributed by atoms with Gasteiger partial charge in [0.1, 0.15) is 5.76 Å². The normalized spacial score (nSPS) is 21.6. The van der Waals surface area contributed by atoms with Crippen molar-refractivity contribution in [2.45, 2.75) is 51.7 Å². The number of thiophene rings is 1. The third-order valence-corrected chi connectivity index (χ3v) is 5.11. The molecule has 0 spiro atoms. The first-order chi connectivity index (χ1) is 10.1. The van der Waals surface area contributed by atoms with E-state index in [0.717, 1.165) is 35.3 Å². The van der Waals surface area contributed by atoms with Crippen LogP contribution in [0.3, 0.4) is 0 Å². The lowest BCUT2D eigenvalue weighted by Gasteiger charge is -2.37. The Kier molecular flexibility index (Phi) is 4.42. The molecule has 3 rings (SSSR count). The molecule has 1 aliphatic rings. The zero-order chi connectivity index (χ0) is 14.8. The van der Waals surface area contributed by atoms with E-state index in [4.69, 9.17) is 15.1 Å². The molecule has 0 aliphatic carbocycles. The van der Waals surface area contributed by atoms with E-state index in [1.165, 1.54) is 19.3 Å². The minimum Gasteiger partial charge on any atom is -0.440 e. The molecule has 2 unspecified atom stereocenters. The molecule has 1 fully saturated rings. The fraction of sp³-hybridized carbons (Fsp3) is 0.562. The summed E-state index contributed by atoms with van der Waals surface area (Å²) in [4.78, 5) is 8.26. The van der Waals surface area contributed by atoms with Crippen molar-refractivity contribution in [3.05, 3.63) is 29.0 Å². The molecule has 2 aromatic rings. The molecular weight excluding hydrogens is 282 g/mol. The lowest BCUT2D eigenvalue weighted by molar-refractivity contribution is 0.121. The summed E-state index contributed by atoms with van der Waals surface area (Å²) in [5, 5.41) is 2.05. The van der Waals surface area contributed by atoms with E-state index in [9.17, 15) is 0 Å². The molecule has 3 heterocycles. The van der Waals surface area contributed by atoms with Gasteiger partial charge >= 0.3 is 0 Å². The van der Waals surface area contributed by atoms with Crippen molar-refractivity contribution < 1.29 is 4.42 Å². The quantitative estimate of drug-likeness (QED) is 0.940. The minimum absolute atomic E-state index is 0.203. The molecule has 2 N–H and O–H groups in total. The second-order valence-corrected chi connectivity index (χ2v) is 6.84. The van der Waals surface area contributed by atoms with Crippen molar-refractivity contribution in [1.29, 1.82) is 0 Å². The van der Waals surface area contributed by atoms with Crippen LogP contribution in [0.1, 0.15) is 37.6 Å². The third kappa shape index (κ3) is 3.20. The van der Waals surface area contributed by atoms with Gasteiger partial charge in [0.05, 0.1) is 10.6 Å². The number of aryl methyl sites for hydroxylation is 1. The SMILES string of the molecule is Cc1oc(-c2cccs2)nc1CN1CCCCC1C(C)N. The van der Waals surface area contributed by atoms with Crippen LogP contribution < -0.4 is 5.73 Å².